The molecule has 4 nitrogen and oxygen atoms in total. The van der Waals surface area contributed by atoms with Crippen LogP contribution in [0.5, 0.6) is 0 Å². The van der Waals surface area contributed by atoms with E-state index >= 15 is 0 Å². The van der Waals surface area contributed by atoms with E-state index in [1.165, 1.54) is 25.7 Å². The molecule has 1 heterocycles. The van der Waals surface area contributed by atoms with Crippen molar-refractivity contribution < 1.29 is 9.84 Å². The molecule has 0 saturated carbocycles. The van der Waals surface area contributed by atoms with Gasteiger partial charge in [0.25, 0.3) is 0 Å². The average molecular weight is 272 g/mol. The minimum Gasteiger partial charge on any atom is -0.389 e. The van der Waals surface area contributed by atoms with Crippen LogP contribution in [0.3, 0.4) is 0 Å². The quantitative estimate of drug-likeness (QED) is 0.626. The Labute approximate surface area is 118 Å². The number of hydrogen-bond donors (Lipinski definition) is 2. The van der Waals surface area contributed by atoms with Gasteiger partial charge in [-0.1, -0.05) is 13.3 Å². The molecule has 1 aliphatic rings. The summed E-state index contributed by atoms with van der Waals surface area (Å²) in [5, 5.41) is 13.6. The fourth-order valence-electron chi connectivity index (χ4n) is 2.60. The number of rotatable bonds is 9. The summed E-state index contributed by atoms with van der Waals surface area (Å²) in [5.74, 6) is 0. The molecular weight excluding hydrogens is 240 g/mol. The largest absolute Gasteiger partial charge is 0.389 e. The van der Waals surface area contributed by atoms with Crippen LogP contribution < -0.4 is 5.32 Å². The Balaban J connectivity index is 2.30. The first-order valence-electron chi connectivity index (χ1n) is 7.88. The molecule has 1 rings (SSSR count). The lowest BCUT2D eigenvalue weighted by atomic mass is 10.0. The minimum atomic E-state index is -0.367. The summed E-state index contributed by atoms with van der Waals surface area (Å²) in [6, 6.07) is 0.578. The Morgan fingerprint density at radius 2 is 2.16 bits per heavy atom. The predicted octanol–water partition coefficient (Wildman–Crippen LogP) is 1.63. The maximum absolute atomic E-state index is 10.1. The van der Waals surface area contributed by atoms with E-state index < -0.39 is 0 Å². The van der Waals surface area contributed by atoms with Gasteiger partial charge in [-0.05, 0) is 46.2 Å². The number of β-amino-alcohol motifs (C(OH)–C–C–N with tert-alkyl or cyclic N) is 1. The van der Waals surface area contributed by atoms with Crippen molar-refractivity contribution in [3.8, 4) is 0 Å². The lowest BCUT2D eigenvalue weighted by Crippen LogP contribution is -2.49. The number of likely N-dealkylation sites (tertiary alicyclic amines) is 1. The van der Waals surface area contributed by atoms with E-state index in [0.29, 0.717) is 12.6 Å². The molecule has 0 aromatic rings. The highest BCUT2D eigenvalue weighted by Crippen LogP contribution is 2.16. The van der Waals surface area contributed by atoms with Crippen molar-refractivity contribution >= 4 is 0 Å². The normalized spacial score (nSPS) is 22.9. The second-order valence-corrected chi connectivity index (χ2v) is 5.88. The van der Waals surface area contributed by atoms with E-state index in [1.54, 1.807) is 0 Å². The van der Waals surface area contributed by atoms with E-state index in [2.05, 4.69) is 17.1 Å². The van der Waals surface area contributed by atoms with Crippen LogP contribution >= 0.6 is 0 Å². The number of nitrogens with zero attached hydrogens (tertiary/aromatic N) is 1. The van der Waals surface area contributed by atoms with E-state index in [0.717, 1.165) is 26.2 Å². The molecule has 0 aliphatic carbocycles. The molecule has 19 heavy (non-hydrogen) atoms. The van der Waals surface area contributed by atoms with Gasteiger partial charge in [0.15, 0.2) is 0 Å². The Hall–Kier alpha value is -0.160. The molecule has 0 bridgehead atoms. The third kappa shape index (κ3) is 7.25. The molecule has 1 aliphatic heterocycles. The van der Waals surface area contributed by atoms with Crippen molar-refractivity contribution in [1.82, 2.24) is 10.2 Å². The summed E-state index contributed by atoms with van der Waals surface area (Å²) in [7, 11) is 0. The molecule has 2 unspecified atom stereocenters. The van der Waals surface area contributed by atoms with Crippen molar-refractivity contribution in [3.05, 3.63) is 0 Å². The summed E-state index contributed by atoms with van der Waals surface area (Å²) in [6.07, 6.45) is 4.81. The Morgan fingerprint density at radius 1 is 1.37 bits per heavy atom. The van der Waals surface area contributed by atoms with Crippen LogP contribution in [0.2, 0.25) is 0 Å². The predicted molar refractivity (Wildman–Crippen MR) is 79.5 cm³/mol. The first kappa shape index (κ1) is 16.9. The van der Waals surface area contributed by atoms with Gasteiger partial charge >= 0.3 is 0 Å². The zero-order valence-electron chi connectivity index (χ0n) is 12.9. The van der Waals surface area contributed by atoms with Crippen molar-refractivity contribution in [2.24, 2.45) is 0 Å². The van der Waals surface area contributed by atoms with Crippen LogP contribution in [0.1, 0.15) is 46.5 Å². The Bertz CT molecular complexity index is 224. The summed E-state index contributed by atoms with van der Waals surface area (Å²) in [5.41, 5.74) is 0. The summed E-state index contributed by atoms with van der Waals surface area (Å²) >= 11 is 0. The molecule has 1 saturated heterocycles. The van der Waals surface area contributed by atoms with Gasteiger partial charge in [0, 0.05) is 19.1 Å². The van der Waals surface area contributed by atoms with Crippen LogP contribution in [0, 0.1) is 0 Å². The van der Waals surface area contributed by atoms with Gasteiger partial charge in [0.1, 0.15) is 0 Å². The monoisotopic (exact) mass is 272 g/mol. The van der Waals surface area contributed by atoms with E-state index in [1.807, 2.05) is 13.8 Å². The number of hydrogen-bond acceptors (Lipinski definition) is 4. The molecule has 1 fully saturated rings. The second kappa shape index (κ2) is 9.70. The van der Waals surface area contributed by atoms with Crippen molar-refractivity contribution in [1.29, 1.82) is 0 Å². The Kier molecular flexibility index (Phi) is 8.62. The maximum Gasteiger partial charge on any atom is 0.0900 e. The first-order valence-corrected chi connectivity index (χ1v) is 7.88. The molecule has 0 aromatic carbocycles. The highest BCUT2D eigenvalue weighted by molar-refractivity contribution is 4.80. The van der Waals surface area contributed by atoms with E-state index in [4.69, 9.17) is 4.74 Å². The van der Waals surface area contributed by atoms with Crippen LogP contribution in [0.4, 0.5) is 0 Å². The molecule has 4 heteroatoms. The highest BCUT2D eigenvalue weighted by Gasteiger charge is 2.24. The zero-order valence-corrected chi connectivity index (χ0v) is 12.9. The summed E-state index contributed by atoms with van der Waals surface area (Å²) in [4.78, 5) is 2.43. The second-order valence-electron chi connectivity index (χ2n) is 5.88. The SMILES string of the molecule is CCCNCC1CCCCN1CC(O)COC(C)C. The van der Waals surface area contributed by atoms with Gasteiger partial charge in [0.05, 0.1) is 18.8 Å². The fraction of sp³-hybridized carbons (Fsp3) is 1.00. The van der Waals surface area contributed by atoms with E-state index in [-0.39, 0.29) is 12.2 Å². The van der Waals surface area contributed by atoms with Gasteiger partial charge in [-0.15, -0.1) is 0 Å². The van der Waals surface area contributed by atoms with Crippen molar-refractivity contribution in [3.63, 3.8) is 0 Å². The topological polar surface area (TPSA) is 44.7 Å². The van der Waals surface area contributed by atoms with E-state index in [9.17, 15) is 5.11 Å². The van der Waals surface area contributed by atoms with Gasteiger partial charge in [-0.25, -0.2) is 0 Å². The van der Waals surface area contributed by atoms with Gasteiger partial charge in [-0.3, -0.25) is 4.90 Å². The standard InChI is InChI=1S/C15H32N2O2/c1-4-8-16-10-14-7-5-6-9-17(14)11-15(18)12-19-13(2)3/h13-16,18H,4-12H2,1-3H3. The molecule has 0 spiro atoms. The number of aliphatic hydroxyl groups is 1. The third-order valence-electron chi connectivity index (χ3n) is 3.62. The van der Waals surface area contributed by atoms with Crippen molar-refractivity contribution in [2.75, 3.05) is 32.8 Å². The number of nitrogens with one attached hydrogen (secondary N) is 1. The number of aliphatic hydroxyl groups excluding tert-OH is 1. The molecule has 0 aromatic heterocycles. The molecule has 2 atom stereocenters. The molecule has 0 radical (unpaired) electrons. The summed E-state index contributed by atoms with van der Waals surface area (Å²) < 4.78 is 5.49. The average Bonchev–Trinajstić information content (AvgIpc) is 2.39. The van der Waals surface area contributed by atoms with Crippen LogP contribution in [0.15, 0.2) is 0 Å². The lowest BCUT2D eigenvalue weighted by molar-refractivity contribution is -0.0183. The van der Waals surface area contributed by atoms with Gasteiger partial charge in [-0.2, -0.15) is 0 Å². The minimum absolute atomic E-state index is 0.193. The molecule has 114 valence electrons. The number of piperidine rings is 1. The fourth-order valence-corrected chi connectivity index (χ4v) is 2.60. The molecular formula is C15H32N2O2. The maximum atomic E-state index is 10.1. The van der Waals surface area contributed by atoms with Crippen molar-refractivity contribution in [2.45, 2.75) is 64.7 Å². The van der Waals surface area contributed by atoms with Crippen LogP contribution in [-0.4, -0.2) is 61.0 Å². The van der Waals surface area contributed by atoms with Gasteiger partial charge in [0.2, 0.25) is 0 Å². The third-order valence-corrected chi connectivity index (χ3v) is 3.62. The smallest absolute Gasteiger partial charge is 0.0900 e. The Morgan fingerprint density at radius 3 is 2.84 bits per heavy atom. The molecule has 0 amide bonds. The molecule has 2 N–H and O–H groups in total. The van der Waals surface area contributed by atoms with Crippen LogP contribution in [-0.2, 0) is 4.74 Å². The zero-order chi connectivity index (χ0) is 14.1. The van der Waals surface area contributed by atoms with Crippen LogP contribution in [0.25, 0.3) is 0 Å². The lowest BCUT2D eigenvalue weighted by Gasteiger charge is -2.37. The first-order chi connectivity index (χ1) is 9.13. The number of ether oxygens (including phenoxy) is 1. The highest BCUT2D eigenvalue weighted by atomic mass is 16.5. The van der Waals surface area contributed by atoms with Gasteiger partial charge < -0.3 is 15.2 Å². The summed E-state index contributed by atoms with van der Waals surface area (Å²) in [6.45, 7) is 10.6.